The van der Waals surface area contributed by atoms with Gasteiger partial charge in [-0.2, -0.15) is 18.3 Å². The first-order chi connectivity index (χ1) is 7.80. The van der Waals surface area contributed by atoms with E-state index in [1.54, 1.807) is 0 Å². The van der Waals surface area contributed by atoms with Gasteiger partial charge in [0.05, 0.1) is 4.47 Å². The monoisotopic (exact) mass is 309 g/mol. The standard InChI is InChI=1S/C8H3BrF3N3O2/c9-3-2-13-5-1-4(7(16)17)14-15(5)6(3)8(10,11)12/h1-2H,(H,16,17). The molecule has 0 spiro atoms. The van der Waals surface area contributed by atoms with Crippen molar-refractivity contribution in [2.75, 3.05) is 0 Å². The lowest BCUT2D eigenvalue weighted by Crippen LogP contribution is -2.14. The molecule has 0 amide bonds. The molecule has 2 aromatic heterocycles. The van der Waals surface area contributed by atoms with Gasteiger partial charge in [0, 0.05) is 12.3 Å². The van der Waals surface area contributed by atoms with E-state index < -0.39 is 23.5 Å². The Balaban J connectivity index is 2.81. The van der Waals surface area contributed by atoms with Crippen molar-refractivity contribution in [2.24, 2.45) is 0 Å². The third-order valence-electron chi connectivity index (χ3n) is 1.93. The van der Waals surface area contributed by atoms with E-state index >= 15 is 0 Å². The van der Waals surface area contributed by atoms with Crippen molar-refractivity contribution in [3.05, 3.63) is 28.1 Å². The zero-order valence-corrected chi connectivity index (χ0v) is 9.45. The van der Waals surface area contributed by atoms with Gasteiger partial charge < -0.3 is 5.11 Å². The Morgan fingerprint density at radius 1 is 1.47 bits per heavy atom. The second kappa shape index (κ2) is 3.69. The average Bonchev–Trinajstić information content (AvgIpc) is 2.58. The summed E-state index contributed by atoms with van der Waals surface area (Å²) in [5.41, 5.74) is -1.78. The van der Waals surface area contributed by atoms with Crippen molar-refractivity contribution in [3.8, 4) is 0 Å². The zero-order valence-electron chi connectivity index (χ0n) is 7.86. The molecule has 2 rings (SSSR count). The Labute approximate surface area is 100 Å². The quantitative estimate of drug-likeness (QED) is 0.877. The zero-order chi connectivity index (χ0) is 12.8. The van der Waals surface area contributed by atoms with Crippen molar-refractivity contribution >= 4 is 27.5 Å². The smallest absolute Gasteiger partial charge is 0.434 e. The number of aromatic nitrogens is 3. The van der Waals surface area contributed by atoms with Crippen LogP contribution in [-0.2, 0) is 6.18 Å². The van der Waals surface area contributed by atoms with Crippen LogP contribution in [-0.4, -0.2) is 25.7 Å². The van der Waals surface area contributed by atoms with Gasteiger partial charge in [0.15, 0.2) is 17.0 Å². The summed E-state index contributed by atoms with van der Waals surface area (Å²) in [7, 11) is 0. The molecule has 0 unspecified atom stereocenters. The molecule has 17 heavy (non-hydrogen) atoms. The van der Waals surface area contributed by atoms with Crippen LogP contribution in [0.2, 0.25) is 0 Å². The Morgan fingerprint density at radius 2 is 2.12 bits per heavy atom. The molecule has 5 nitrogen and oxygen atoms in total. The SMILES string of the molecule is O=C(O)c1cc2ncc(Br)c(C(F)(F)F)n2n1. The van der Waals surface area contributed by atoms with Gasteiger partial charge in [0.25, 0.3) is 0 Å². The summed E-state index contributed by atoms with van der Waals surface area (Å²) in [4.78, 5) is 14.3. The highest BCUT2D eigenvalue weighted by molar-refractivity contribution is 9.10. The molecule has 0 bridgehead atoms. The molecule has 90 valence electrons. The van der Waals surface area contributed by atoms with Crippen LogP contribution in [0.5, 0.6) is 0 Å². The van der Waals surface area contributed by atoms with Gasteiger partial charge in [0.2, 0.25) is 0 Å². The first-order valence-corrected chi connectivity index (χ1v) is 4.95. The Bertz CT molecular complexity index is 608. The van der Waals surface area contributed by atoms with Gasteiger partial charge in [-0.25, -0.2) is 14.3 Å². The number of hydrogen-bond acceptors (Lipinski definition) is 3. The Kier molecular flexibility index (Phi) is 2.57. The van der Waals surface area contributed by atoms with E-state index in [-0.39, 0.29) is 10.1 Å². The van der Waals surface area contributed by atoms with Gasteiger partial charge in [-0.05, 0) is 15.9 Å². The second-order valence-corrected chi connectivity index (χ2v) is 3.91. The first kappa shape index (κ1) is 11.8. The first-order valence-electron chi connectivity index (χ1n) is 4.15. The fourth-order valence-corrected chi connectivity index (χ4v) is 1.77. The molecule has 9 heteroatoms. The van der Waals surface area contributed by atoms with Crippen LogP contribution in [0.1, 0.15) is 16.2 Å². The number of carbonyl (C=O) groups is 1. The summed E-state index contributed by atoms with van der Waals surface area (Å²) in [6.07, 6.45) is -3.71. The highest BCUT2D eigenvalue weighted by atomic mass is 79.9. The molecular formula is C8H3BrF3N3O2. The normalized spacial score (nSPS) is 12.0. The van der Waals surface area contributed by atoms with Gasteiger partial charge in [-0.1, -0.05) is 0 Å². The summed E-state index contributed by atoms with van der Waals surface area (Å²) < 4.78 is 38.3. The molecule has 0 radical (unpaired) electrons. The average molecular weight is 310 g/mol. The number of aromatic carboxylic acids is 1. The molecule has 2 aromatic rings. The molecule has 0 saturated carbocycles. The van der Waals surface area contributed by atoms with Crippen molar-refractivity contribution < 1.29 is 23.1 Å². The maximum Gasteiger partial charge on any atom is 0.434 e. The summed E-state index contributed by atoms with van der Waals surface area (Å²) in [6.45, 7) is 0. The van der Waals surface area contributed by atoms with Crippen molar-refractivity contribution in [2.45, 2.75) is 6.18 Å². The maximum atomic E-state index is 12.7. The van der Waals surface area contributed by atoms with Crippen LogP contribution in [0, 0.1) is 0 Å². The van der Waals surface area contributed by atoms with Crippen LogP contribution in [0.4, 0.5) is 13.2 Å². The minimum absolute atomic E-state index is 0.182. The molecule has 0 fully saturated rings. The van der Waals surface area contributed by atoms with E-state index in [2.05, 4.69) is 26.0 Å². The molecule has 0 atom stereocenters. The molecule has 0 aliphatic rings. The second-order valence-electron chi connectivity index (χ2n) is 3.06. The highest BCUT2D eigenvalue weighted by Gasteiger charge is 2.37. The van der Waals surface area contributed by atoms with Crippen LogP contribution in [0.25, 0.3) is 5.65 Å². The van der Waals surface area contributed by atoms with Gasteiger partial charge in [-0.3, -0.25) is 0 Å². The molecule has 1 N–H and O–H groups in total. The van der Waals surface area contributed by atoms with E-state index in [1.165, 1.54) is 0 Å². The van der Waals surface area contributed by atoms with E-state index in [0.717, 1.165) is 12.3 Å². The van der Waals surface area contributed by atoms with Crippen molar-refractivity contribution in [1.82, 2.24) is 14.6 Å². The van der Waals surface area contributed by atoms with Crippen molar-refractivity contribution in [1.29, 1.82) is 0 Å². The number of fused-ring (bicyclic) bond motifs is 1. The fourth-order valence-electron chi connectivity index (χ4n) is 1.27. The Hall–Kier alpha value is -1.64. The van der Waals surface area contributed by atoms with Crippen molar-refractivity contribution in [3.63, 3.8) is 0 Å². The summed E-state index contributed by atoms with van der Waals surface area (Å²) in [5.74, 6) is -1.42. The third-order valence-corrected chi connectivity index (χ3v) is 2.51. The van der Waals surface area contributed by atoms with E-state index in [9.17, 15) is 18.0 Å². The third kappa shape index (κ3) is 1.97. The van der Waals surface area contributed by atoms with Gasteiger partial charge in [0.1, 0.15) is 0 Å². The van der Waals surface area contributed by atoms with Crippen LogP contribution < -0.4 is 0 Å². The van der Waals surface area contributed by atoms with Crippen LogP contribution in [0.15, 0.2) is 16.7 Å². The minimum atomic E-state index is -4.66. The van der Waals surface area contributed by atoms with Crippen LogP contribution >= 0.6 is 15.9 Å². The van der Waals surface area contributed by atoms with Gasteiger partial charge in [-0.15, -0.1) is 0 Å². The number of carboxylic acid groups (broad SMARTS) is 1. The topological polar surface area (TPSA) is 67.5 Å². The molecule has 0 aliphatic heterocycles. The number of rotatable bonds is 1. The summed E-state index contributed by atoms with van der Waals surface area (Å²) >= 11 is 2.71. The van der Waals surface area contributed by atoms with E-state index in [0.29, 0.717) is 4.52 Å². The molecule has 2 heterocycles. The molecule has 0 saturated heterocycles. The molecule has 0 aromatic carbocycles. The number of halogens is 4. The van der Waals surface area contributed by atoms with Crippen LogP contribution in [0.3, 0.4) is 0 Å². The lowest BCUT2D eigenvalue weighted by Gasteiger charge is -2.09. The van der Waals surface area contributed by atoms with E-state index in [4.69, 9.17) is 5.11 Å². The molecular weight excluding hydrogens is 307 g/mol. The highest BCUT2D eigenvalue weighted by Crippen LogP contribution is 2.34. The number of alkyl halides is 3. The lowest BCUT2D eigenvalue weighted by molar-refractivity contribution is -0.143. The predicted octanol–water partition coefficient (Wildman–Crippen LogP) is 2.21. The number of nitrogens with zero attached hydrogens (tertiary/aromatic N) is 3. The fraction of sp³-hybridized carbons (Fsp3) is 0.125. The van der Waals surface area contributed by atoms with Gasteiger partial charge >= 0.3 is 12.1 Å². The van der Waals surface area contributed by atoms with E-state index in [1.807, 2.05) is 0 Å². The molecule has 0 aliphatic carbocycles. The number of hydrogen-bond donors (Lipinski definition) is 1. The predicted molar refractivity (Wildman–Crippen MR) is 52.6 cm³/mol. The number of carboxylic acids is 1. The lowest BCUT2D eigenvalue weighted by atomic mass is 10.4. The minimum Gasteiger partial charge on any atom is -0.476 e. The maximum absolute atomic E-state index is 12.7. The largest absolute Gasteiger partial charge is 0.476 e. The Morgan fingerprint density at radius 3 is 2.65 bits per heavy atom. The summed E-state index contributed by atoms with van der Waals surface area (Å²) in [6, 6.07) is 0.962. The summed E-state index contributed by atoms with van der Waals surface area (Å²) in [5, 5.41) is 12.0.